The van der Waals surface area contributed by atoms with Gasteiger partial charge < -0.3 is 9.47 Å². The number of para-hydroxylation sites is 2. The van der Waals surface area contributed by atoms with Gasteiger partial charge in [-0.1, -0.05) is 12.1 Å². The van der Waals surface area contributed by atoms with E-state index in [1.165, 1.54) is 6.42 Å². The molecular formula is C14H17N3O2. The standard InChI is InChI=1S/C14H17N3O2/c1-18-12-5-2-3-6-13(12)19-11-9-16-17(10-11)14-7-4-8-15-14/h2-3,5-6,9-10,14-15H,4,7-8H2,1H3. The molecule has 1 unspecified atom stereocenters. The third-order valence-corrected chi connectivity index (χ3v) is 3.23. The van der Waals surface area contributed by atoms with Crippen LogP contribution in [-0.4, -0.2) is 23.4 Å². The zero-order chi connectivity index (χ0) is 13.1. The Morgan fingerprint density at radius 3 is 2.89 bits per heavy atom. The maximum absolute atomic E-state index is 5.80. The highest BCUT2D eigenvalue weighted by molar-refractivity contribution is 5.41. The van der Waals surface area contributed by atoms with E-state index in [9.17, 15) is 0 Å². The van der Waals surface area contributed by atoms with Gasteiger partial charge in [0.25, 0.3) is 0 Å². The first-order chi connectivity index (χ1) is 9.36. The minimum atomic E-state index is 0.287. The van der Waals surface area contributed by atoms with E-state index in [4.69, 9.17) is 9.47 Å². The molecule has 5 nitrogen and oxygen atoms in total. The molecule has 1 N–H and O–H groups in total. The fourth-order valence-electron chi connectivity index (χ4n) is 2.27. The van der Waals surface area contributed by atoms with E-state index in [1.54, 1.807) is 13.3 Å². The van der Waals surface area contributed by atoms with Crippen molar-refractivity contribution in [1.29, 1.82) is 0 Å². The summed E-state index contributed by atoms with van der Waals surface area (Å²) in [7, 11) is 1.63. The van der Waals surface area contributed by atoms with Gasteiger partial charge >= 0.3 is 0 Å². The average Bonchev–Trinajstić information content (AvgIpc) is 3.09. The molecular weight excluding hydrogens is 242 g/mol. The fourth-order valence-corrected chi connectivity index (χ4v) is 2.27. The van der Waals surface area contributed by atoms with Gasteiger partial charge in [-0.25, -0.2) is 0 Å². The second-order valence-corrected chi connectivity index (χ2v) is 4.52. The minimum Gasteiger partial charge on any atom is -0.493 e. The minimum absolute atomic E-state index is 0.287. The Morgan fingerprint density at radius 1 is 1.32 bits per heavy atom. The molecule has 2 aromatic rings. The molecule has 1 aliphatic rings. The van der Waals surface area contributed by atoms with Crippen molar-refractivity contribution in [3.63, 3.8) is 0 Å². The molecule has 1 fully saturated rings. The maximum atomic E-state index is 5.80. The van der Waals surface area contributed by atoms with Crippen LogP contribution in [0.3, 0.4) is 0 Å². The summed E-state index contributed by atoms with van der Waals surface area (Å²) in [4.78, 5) is 0. The third kappa shape index (κ3) is 2.56. The number of benzene rings is 1. The summed E-state index contributed by atoms with van der Waals surface area (Å²) in [5.41, 5.74) is 0. The lowest BCUT2D eigenvalue weighted by Gasteiger charge is -2.10. The van der Waals surface area contributed by atoms with Crippen molar-refractivity contribution in [2.75, 3.05) is 13.7 Å². The first-order valence-electron chi connectivity index (χ1n) is 6.45. The van der Waals surface area contributed by atoms with Crippen molar-refractivity contribution in [2.24, 2.45) is 0 Å². The first-order valence-corrected chi connectivity index (χ1v) is 6.45. The van der Waals surface area contributed by atoms with Crippen LogP contribution in [0.5, 0.6) is 17.2 Å². The van der Waals surface area contributed by atoms with E-state index in [-0.39, 0.29) is 6.17 Å². The molecule has 1 saturated heterocycles. The monoisotopic (exact) mass is 259 g/mol. The largest absolute Gasteiger partial charge is 0.493 e. The number of hydrogen-bond donors (Lipinski definition) is 1. The van der Waals surface area contributed by atoms with Crippen LogP contribution in [0.4, 0.5) is 0 Å². The van der Waals surface area contributed by atoms with Crippen LogP contribution in [0, 0.1) is 0 Å². The molecule has 0 radical (unpaired) electrons. The van der Waals surface area contributed by atoms with Crippen LogP contribution < -0.4 is 14.8 Å². The lowest BCUT2D eigenvalue weighted by molar-refractivity contribution is 0.377. The smallest absolute Gasteiger partial charge is 0.169 e. The highest BCUT2D eigenvalue weighted by Gasteiger charge is 2.17. The van der Waals surface area contributed by atoms with E-state index in [0.29, 0.717) is 11.5 Å². The molecule has 1 aromatic heterocycles. The normalized spacial score (nSPS) is 18.5. The Morgan fingerprint density at radius 2 is 2.16 bits per heavy atom. The molecule has 19 heavy (non-hydrogen) atoms. The summed E-state index contributed by atoms with van der Waals surface area (Å²) >= 11 is 0. The highest BCUT2D eigenvalue weighted by atomic mass is 16.5. The Balaban J connectivity index is 1.76. The molecule has 3 rings (SSSR count). The number of methoxy groups -OCH3 is 1. The van der Waals surface area contributed by atoms with E-state index >= 15 is 0 Å². The molecule has 0 aliphatic carbocycles. The fraction of sp³-hybridized carbons (Fsp3) is 0.357. The van der Waals surface area contributed by atoms with Crippen LogP contribution in [0.2, 0.25) is 0 Å². The summed E-state index contributed by atoms with van der Waals surface area (Å²) < 4.78 is 13.0. The molecule has 100 valence electrons. The van der Waals surface area contributed by atoms with Gasteiger partial charge in [0, 0.05) is 0 Å². The van der Waals surface area contributed by atoms with Gasteiger partial charge in [0.1, 0.15) is 6.17 Å². The van der Waals surface area contributed by atoms with Crippen molar-refractivity contribution in [3.8, 4) is 17.2 Å². The molecule has 0 bridgehead atoms. The van der Waals surface area contributed by atoms with Gasteiger partial charge in [-0.3, -0.25) is 10.00 Å². The number of aromatic nitrogens is 2. The molecule has 1 aromatic carbocycles. The quantitative estimate of drug-likeness (QED) is 0.916. The summed E-state index contributed by atoms with van der Waals surface area (Å²) in [5.74, 6) is 2.14. The van der Waals surface area contributed by atoms with Crippen molar-refractivity contribution in [1.82, 2.24) is 15.1 Å². The van der Waals surface area contributed by atoms with Crippen molar-refractivity contribution < 1.29 is 9.47 Å². The highest BCUT2D eigenvalue weighted by Crippen LogP contribution is 2.31. The van der Waals surface area contributed by atoms with Gasteiger partial charge in [-0.2, -0.15) is 5.10 Å². The van der Waals surface area contributed by atoms with Crippen molar-refractivity contribution >= 4 is 0 Å². The summed E-state index contributed by atoms with van der Waals surface area (Å²) in [6.07, 6.45) is 6.22. The van der Waals surface area contributed by atoms with Crippen LogP contribution >= 0.6 is 0 Å². The zero-order valence-electron chi connectivity index (χ0n) is 10.9. The van der Waals surface area contributed by atoms with Crippen molar-refractivity contribution in [3.05, 3.63) is 36.7 Å². The summed E-state index contributed by atoms with van der Waals surface area (Å²) in [5, 5.41) is 7.73. The van der Waals surface area contributed by atoms with Crippen LogP contribution in [0.15, 0.2) is 36.7 Å². The number of ether oxygens (including phenoxy) is 2. The molecule has 1 aliphatic heterocycles. The molecule has 2 heterocycles. The number of nitrogens with one attached hydrogen (secondary N) is 1. The molecule has 0 amide bonds. The van der Waals surface area contributed by atoms with Gasteiger partial charge in [-0.15, -0.1) is 0 Å². The van der Waals surface area contributed by atoms with Crippen molar-refractivity contribution in [2.45, 2.75) is 19.0 Å². The molecule has 1 atom stereocenters. The lowest BCUT2D eigenvalue weighted by atomic mass is 10.3. The van der Waals surface area contributed by atoms with Crippen LogP contribution in [-0.2, 0) is 0 Å². The molecule has 0 saturated carbocycles. The number of hydrogen-bond acceptors (Lipinski definition) is 4. The Labute approximate surface area is 112 Å². The number of rotatable bonds is 4. The zero-order valence-corrected chi connectivity index (χ0v) is 10.9. The maximum Gasteiger partial charge on any atom is 0.169 e. The van der Waals surface area contributed by atoms with Crippen LogP contribution in [0.25, 0.3) is 0 Å². The summed E-state index contributed by atoms with van der Waals surface area (Å²) in [6.45, 7) is 1.05. The predicted octanol–water partition coefficient (Wildman–Crippen LogP) is 2.57. The molecule has 0 spiro atoms. The van der Waals surface area contributed by atoms with E-state index < -0.39 is 0 Å². The Hall–Kier alpha value is -2.01. The first kappa shape index (κ1) is 12.0. The van der Waals surface area contributed by atoms with Crippen LogP contribution in [0.1, 0.15) is 19.0 Å². The van der Waals surface area contributed by atoms with Gasteiger partial charge in [-0.05, 0) is 31.5 Å². The summed E-state index contributed by atoms with van der Waals surface area (Å²) in [6, 6.07) is 7.58. The second kappa shape index (κ2) is 5.32. The van der Waals surface area contributed by atoms with E-state index in [2.05, 4.69) is 10.4 Å². The topological polar surface area (TPSA) is 48.3 Å². The SMILES string of the molecule is COc1ccccc1Oc1cnn(C2CCCN2)c1. The Bertz CT molecular complexity index is 547. The Kier molecular flexibility index (Phi) is 3.37. The van der Waals surface area contributed by atoms with E-state index in [0.717, 1.165) is 18.7 Å². The van der Waals surface area contributed by atoms with E-state index in [1.807, 2.05) is 35.1 Å². The third-order valence-electron chi connectivity index (χ3n) is 3.23. The average molecular weight is 259 g/mol. The van der Waals surface area contributed by atoms with Gasteiger partial charge in [0.15, 0.2) is 17.2 Å². The van der Waals surface area contributed by atoms with Gasteiger partial charge in [0.05, 0.1) is 19.5 Å². The number of nitrogens with zero attached hydrogens (tertiary/aromatic N) is 2. The second-order valence-electron chi connectivity index (χ2n) is 4.52. The van der Waals surface area contributed by atoms with Gasteiger partial charge in [0.2, 0.25) is 0 Å². The predicted molar refractivity (Wildman–Crippen MR) is 71.6 cm³/mol. The molecule has 5 heteroatoms. The lowest BCUT2D eigenvalue weighted by Crippen LogP contribution is -2.19.